The van der Waals surface area contributed by atoms with Gasteiger partial charge in [0.15, 0.2) is 5.16 Å². The van der Waals surface area contributed by atoms with Gasteiger partial charge in [-0.05, 0) is 12.1 Å². The lowest BCUT2D eigenvalue weighted by atomic mass is 9.92. The lowest BCUT2D eigenvalue weighted by molar-refractivity contribution is -0.113. The number of anilines is 1. The summed E-state index contributed by atoms with van der Waals surface area (Å²) in [5, 5.41) is 7.53. The zero-order chi connectivity index (χ0) is 17.3. The number of carbonyl (C=O) groups is 1. The van der Waals surface area contributed by atoms with Gasteiger partial charge in [-0.1, -0.05) is 49.8 Å². The van der Waals surface area contributed by atoms with Crippen LogP contribution in [0.4, 0.5) is 5.88 Å². The van der Waals surface area contributed by atoms with E-state index < -0.39 is 0 Å². The fourth-order valence-electron chi connectivity index (χ4n) is 2.24. The molecule has 1 N–H and O–H groups in total. The first-order chi connectivity index (χ1) is 11.3. The second-order valence-electron chi connectivity index (χ2n) is 6.61. The molecule has 0 atom stereocenters. The number of benzene rings is 1. The van der Waals surface area contributed by atoms with Gasteiger partial charge in [0.1, 0.15) is 0 Å². The summed E-state index contributed by atoms with van der Waals surface area (Å²) in [6, 6.07) is 9.66. The summed E-state index contributed by atoms with van der Waals surface area (Å²) >= 11 is 1.39. The minimum atomic E-state index is -0.149. The predicted molar refractivity (Wildman–Crippen MR) is 95.3 cm³/mol. The molecule has 1 aromatic carbocycles. The number of nitrogens with one attached hydrogen (secondary N) is 1. The lowest BCUT2D eigenvalue weighted by Gasteiger charge is -2.12. The van der Waals surface area contributed by atoms with E-state index in [0.717, 1.165) is 21.9 Å². The van der Waals surface area contributed by atoms with Crippen LogP contribution in [0.1, 0.15) is 26.5 Å². The van der Waals surface area contributed by atoms with Crippen molar-refractivity contribution in [2.75, 3.05) is 11.1 Å². The molecule has 3 aromatic rings. The van der Waals surface area contributed by atoms with E-state index in [9.17, 15) is 4.79 Å². The molecule has 0 fully saturated rings. The molecule has 0 aliphatic carbocycles. The predicted octanol–water partition coefficient (Wildman–Crippen LogP) is 3.59. The van der Waals surface area contributed by atoms with Crippen molar-refractivity contribution in [2.24, 2.45) is 7.05 Å². The van der Waals surface area contributed by atoms with Gasteiger partial charge in [-0.2, -0.15) is 0 Å². The summed E-state index contributed by atoms with van der Waals surface area (Å²) < 4.78 is 7.16. The topological polar surface area (TPSA) is 73.0 Å². The Hall–Kier alpha value is -2.28. The Kier molecular flexibility index (Phi) is 4.36. The van der Waals surface area contributed by atoms with Crippen molar-refractivity contribution in [3.63, 3.8) is 0 Å². The van der Waals surface area contributed by atoms with E-state index in [1.165, 1.54) is 11.8 Å². The molecule has 1 amide bonds. The van der Waals surface area contributed by atoms with Crippen molar-refractivity contribution in [1.29, 1.82) is 0 Å². The van der Waals surface area contributed by atoms with Crippen LogP contribution >= 0.6 is 11.8 Å². The van der Waals surface area contributed by atoms with E-state index >= 15 is 0 Å². The Labute approximate surface area is 144 Å². The number of hydrogen-bond acceptors (Lipinski definition) is 5. The summed E-state index contributed by atoms with van der Waals surface area (Å²) in [6.07, 6.45) is 0. The van der Waals surface area contributed by atoms with Crippen LogP contribution in [0.15, 0.2) is 40.0 Å². The van der Waals surface area contributed by atoms with Crippen LogP contribution in [0, 0.1) is 0 Å². The van der Waals surface area contributed by atoms with E-state index in [4.69, 9.17) is 4.52 Å². The Balaban J connectivity index is 1.63. The second kappa shape index (κ2) is 6.32. The molecule has 24 heavy (non-hydrogen) atoms. The number of carbonyl (C=O) groups excluding carboxylic acids is 1. The molecule has 2 heterocycles. The summed E-state index contributed by atoms with van der Waals surface area (Å²) in [7, 11) is 1.95. The molecule has 0 saturated carbocycles. The molecular weight excluding hydrogens is 324 g/mol. The third kappa shape index (κ3) is 3.46. The highest BCUT2D eigenvalue weighted by Gasteiger charge is 2.20. The third-order valence-electron chi connectivity index (χ3n) is 3.62. The number of fused-ring (bicyclic) bond motifs is 1. The molecule has 0 saturated heterocycles. The maximum absolute atomic E-state index is 12.1. The van der Waals surface area contributed by atoms with Crippen molar-refractivity contribution in [3.8, 4) is 0 Å². The SMILES string of the molecule is Cn1c(SCC(=O)Nc2cc(C(C)(C)C)no2)nc2ccccc21. The van der Waals surface area contributed by atoms with E-state index in [1.54, 1.807) is 6.07 Å². The molecule has 2 aromatic heterocycles. The van der Waals surface area contributed by atoms with Crippen LogP contribution in [0.25, 0.3) is 11.0 Å². The fourth-order valence-corrected chi connectivity index (χ4v) is 3.03. The van der Waals surface area contributed by atoms with Crippen molar-refractivity contribution in [3.05, 3.63) is 36.0 Å². The van der Waals surface area contributed by atoms with Crippen LogP contribution in [-0.2, 0) is 17.3 Å². The number of thioether (sulfide) groups is 1. The van der Waals surface area contributed by atoms with Gasteiger partial charge in [0.25, 0.3) is 0 Å². The molecule has 6 nitrogen and oxygen atoms in total. The molecule has 0 bridgehead atoms. The maximum atomic E-state index is 12.1. The molecule has 7 heteroatoms. The van der Waals surface area contributed by atoms with Crippen molar-refractivity contribution in [2.45, 2.75) is 31.3 Å². The van der Waals surface area contributed by atoms with Gasteiger partial charge in [0.05, 0.1) is 22.5 Å². The Bertz CT molecular complexity index is 876. The van der Waals surface area contributed by atoms with Gasteiger partial charge in [0.2, 0.25) is 11.8 Å². The largest absolute Gasteiger partial charge is 0.338 e. The Morgan fingerprint density at radius 3 is 2.75 bits per heavy atom. The van der Waals surface area contributed by atoms with Crippen LogP contribution in [0.3, 0.4) is 0 Å². The molecule has 0 radical (unpaired) electrons. The molecule has 0 unspecified atom stereocenters. The van der Waals surface area contributed by atoms with E-state index in [0.29, 0.717) is 5.88 Å². The summed E-state index contributed by atoms with van der Waals surface area (Å²) in [5.74, 6) is 0.474. The van der Waals surface area contributed by atoms with Gasteiger partial charge in [0, 0.05) is 18.5 Å². The van der Waals surface area contributed by atoms with E-state index in [2.05, 4.69) is 15.5 Å². The molecule has 0 spiro atoms. The number of hydrogen-bond donors (Lipinski definition) is 1. The molecular formula is C17H20N4O2S. The number of amides is 1. The third-order valence-corrected chi connectivity index (χ3v) is 4.65. The van der Waals surface area contributed by atoms with Crippen molar-refractivity contribution < 1.29 is 9.32 Å². The first-order valence-electron chi connectivity index (χ1n) is 7.66. The van der Waals surface area contributed by atoms with Crippen LogP contribution in [0.5, 0.6) is 0 Å². The highest BCUT2D eigenvalue weighted by atomic mass is 32.2. The minimum Gasteiger partial charge on any atom is -0.338 e. The first kappa shape index (κ1) is 16.6. The van der Waals surface area contributed by atoms with Gasteiger partial charge >= 0.3 is 0 Å². The highest BCUT2D eigenvalue weighted by molar-refractivity contribution is 7.99. The number of rotatable bonds is 4. The smallest absolute Gasteiger partial charge is 0.237 e. The van der Waals surface area contributed by atoms with Crippen LogP contribution < -0.4 is 5.32 Å². The number of nitrogens with zero attached hydrogens (tertiary/aromatic N) is 3. The summed E-state index contributed by atoms with van der Waals surface area (Å²) in [4.78, 5) is 16.7. The van der Waals surface area contributed by atoms with Gasteiger partial charge in [-0.3, -0.25) is 10.1 Å². The molecule has 0 aliphatic rings. The summed E-state index contributed by atoms with van der Waals surface area (Å²) in [5.41, 5.74) is 2.66. The van der Waals surface area contributed by atoms with Gasteiger partial charge in [-0.15, -0.1) is 0 Å². The van der Waals surface area contributed by atoms with Crippen LogP contribution in [0.2, 0.25) is 0 Å². The monoisotopic (exact) mass is 344 g/mol. The molecule has 3 rings (SSSR count). The number of para-hydroxylation sites is 2. The van der Waals surface area contributed by atoms with E-state index in [-0.39, 0.29) is 17.1 Å². The Morgan fingerprint density at radius 1 is 1.33 bits per heavy atom. The number of aryl methyl sites for hydroxylation is 1. The molecule has 126 valence electrons. The minimum absolute atomic E-state index is 0.117. The zero-order valence-electron chi connectivity index (χ0n) is 14.2. The van der Waals surface area contributed by atoms with Crippen molar-refractivity contribution in [1.82, 2.24) is 14.7 Å². The zero-order valence-corrected chi connectivity index (χ0v) is 15.0. The average Bonchev–Trinajstić information content (AvgIpc) is 3.11. The Morgan fingerprint density at radius 2 is 2.08 bits per heavy atom. The average molecular weight is 344 g/mol. The molecule has 0 aliphatic heterocycles. The van der Waals surface area contributed by atoms with Gasteiger partial charge < -0.3 is 9.09 Å². The van der Waals surface area contributed by atoms with Gasteiger partial charge in [-0.25, -0.2) is 4.98 Å². The van der Waals surface area contributed by atoms with Crippen molar-refractivity contribution >= 4 is 34.6 Å². The number of aromatic nitrogens is 3. The quantitative estimate of drug-likeness (QED) is 0.732. The maximum Gasteiger partial charge on any atom is 0.237 e. The lowest BCUT2D eigenvalue weighted by Crippen LogP contribution is -2.14. The standard InChI is InChI=1S/C17H20N4O2S/c1-17(2,3)13-9-15(23-20-13)19-14(22)10-24-16-18-11-7-5-6-8-12(11)21(16)4/h5-9H,10H2,1-4H3,(H,19,22). The highest BCUT2D eigenvalue weighted by Crippen LogP contribution is 2.25. The van der Waals surface area contributed by atoms with Crippen LogP contribution in [-0.4, -0.2) is 26.4 Å². The second-order valence-corrected chi connectivity index (χ2v) is 7.55. The first-order valence-corrected chi connectivity index (χ1v) is 8.64. The fraction of sp³-hybridized carbons (Fsp3) is 0.353. The summed E-state index contributed by atoms with van der Waals surface area (Å²) in [6.45, 7) is 6.12. The normalized spacial score (nSPS) is 11.8. The number of imidazole rings is 1. The van der Waals surface area contributed by atoms with E-state index in [1.807, 2.05) is 56.7 Å².